The fourth-order valence-corrected chi connectivity index (χ4v) is 3.18. The second kappa shape index (κ2) is 5.51. The van der Waals surface area contributed by atoms with E-state index in [9.17, 15) is 9.90 Å². The lowest BCUT2D eigenvalue weighted by atomic mass is 9.97. The summed E-state index contributed by atoms with van der Waals surface area (Å²) in [5, 5.41) is 19.5. The molecular formula is C12H15NO3S. The number of rotatable bonds is 3. The molecule has 0 saturated heterocycles. The van der Waals surface area contributed by atoms with Gasteiger partial charge in [-0.3, -0.25) is 0 Å². The minimum atomic E-state index is -0.946. The third-order valence-corrected chi connectivity index (χ3v) is 4.24. The summed E-state index contributed by atoms with van der Waals surface area (Å²) in [6, 6.07) is 3.04. The molecule has 0 radical (unpaired) electrons. The van der Waals surface area contributed by atoms with E-state index in [0.29, 0.717) is 5.03 Å². The molecule has 17 heavy (non-hydrogen) atoms. The summed E-state index contributed by atoms with van der Waals surface area (Å²) in [4.78, 5) is 15.0. The number of carboxylic acid groups (broad SMARTS) is 1. The molecule has 92 valence electrons. The highest BCUT2D eigenvalue weighted by Crippen LogP contribution is 2.33. The highest BCUT2D eigenvalue weighted by atomic mass is 32.2. The maximum Gasteiger partial charge on any atom is 0.335 e. The number of nitrogens with zero attached hydrogens (tertiary/aromatic N) is 1. The number of aliphatic hydroxyl groups is 1. The second-order valence-electron chi connectivity index (χ2n) is 4.20. The van der Waals surface area contributed by atoms with E-state index in [0.717, 1.165) is 25.7 Å². The molecule has 1 aliphatic carbocycles. The van der Waals surface area contributed by atoms with Gasteiger partial charge < -0.3 is 10.2 Å². The Kier molecular flexibility index (Phi) is 4.02. The first-order valence-corrected chi connectivity index (χ1v) is 6.59. The van der Waals surface area contributed by atoms with Gasteiger partial charge in [0.2, 0.25) is 0 Å². The topological polar surface area (TPSA) is 70.4 Å². The molecule has 2 N–H and O–H groups in total. The lowest BCUT2D eigenvalue weighted by Gasteiger charge is -2.26. The minimum Gasteiger partial charge on any atom is -0.478 e. The maximum absolute atomic E-state index is 10.8. The number of pyridine rings is 1. The van der Waals surface area contributed by atoms with Gasteiger partial charge in [-0.05, 0) is 25.0 Å². The van der Waals surface area contributed by atoms with Gasteiger partial charge in [0, 0.05) is 11.4 Å². The van der Waals surface area contributed by atoms with Crippen molar-refractivity contribution in [3.05, 3.63) is 23.9 Å². The average molecular weight is 253 g/mol. The molecular weight excluding hydrogens is 238 g/mol. The van der Waals surface area contributed by atoms with Gasteiger partial charge in [0.1, 0.15) is 0 Å². The number of hydrogen-bond acceptors (Lipinski definition) is 4. The Hall–Kier alpha value is -1.07. The van der Waals surface area contributed by atoms with Crippen LogP contribution in [-0.4, -0.2) is 32.5 Å². The van der Waals surface area contributed by atoms with Crippen molar-refractivity contribution >= 4 is 17.7 Å². The molecule has 0 aromatic carbocycles. The minimum absolute atomic E-state index is 0.139. The second-order valence-corrected chi connectivity index (χ2v) is 5.46. The number of aromatic nitrogens is 1. The van der Waals surface area contributed by atoms with E-state index in [4.69, 9.17) is 5.11 Å². The van der Waals surface area contributed by atoms with Gasteiger partial charge in [-0.1, -0.05) is 12.8 Å². The van der Waals surface area contributed by atoms with Crippen molar-refractivity contribution in [2.24, 2.45) is 0 Å². The zero-order valence-electron chi connectivity index (χ0n) is 9.37. The lowest BCUT2D eigenvalue weighted by Crippen LogP contribution is -2.26. The highest BCUT2D eigenvalue weighted by Gasteiger charge is 2.24. The van der Waals surface area contributed by atoms with Crippen LogP contribution in [0, 0.1) is 0 Å². The fourth-order valence-electron chi connectivity index (χ4n) is 1.98. The third kappa shape index (κ3) is 3.20. The van der Waals surface area contributed by atoms with Gasteiger partial charge in [0.05, 0.1) is 16.7 Å². The summed E-state index contributed by atoms with van der Waals surface area (Å²) in [6.45, 7) is 0. The van der Waals surface area contributed by atoms with Gasteiger partial charge in [-0.25, -0.2) is 9.78 Å². The van der Waals surface area contributed by atoms with Crippen molar-refractivity contribution in [3.63, 3.8) is 0 Å². The number of carboxylic acids is 1. The molecule has 1 aliphatic rings. The summed E-state index contributed by atoms with van der Waals surface area (Å²) in [7, 11) is 0. The summed E-state index contributed by atoms with van der Waals surface area (Å²) in [5.41, 5.74) is 0.243. The summed E-state index contributed by atoms with van der Waals surface area (Å²) in [5.74, 6) is -0.946. The van der Waals surface area contributed by atoms with Crippen molar-refractivity contribution in [2.45, 2.75) is 42.1 Å². The lowest BCUT2D eigenvalue weighted by molar-refractivity contribution is 0.0696. The van der Waals surface area contributed by atoms with E-state index in [1.54, 1.807) is 6.07 Å². The van der Waals surface area contributed by atoms with Crippen molar-refractivity contribution in [3.8, 4) is 0 Å². The maximum atomic E-state index is 10.8. The van der Waals surface area contributed by atoms with Crippen LogP contribution in [0.15, 0.2) is 23.4 Å². The number of aliphatic hydroxyl groups excluding tert-OH is 1. The summed E-state index contributed by atoms with van der Waals surface area (Å²) in [6.07, 6.45) is 5.18. The van der Waals surface area contributed by atoms with Gasteiger partial charge in [-0.2, -0.15) is 0 Å². The monoisotopic (exact) mass is 253 g/mol. The predicted octanol–water partition coefficient (Wildman–Crippen LogP) is 2.18. The molecule has 0 amide bonds. The van der Waals surface area contributed by atoms with Gasteiger partial charge in [0.15, 0.2) is 0 Å². The molecule has 1 heterocycles. The Morgan fingerprint density at radius 2 is 2.18 bits per heavy atom. The normalized spacial score (nSPS) is 24.5. The van der Waals surface area contributed by atoms with Crippen LogP contribution in [-0.2, 0) is 0 Å². The van der Waals surface area contributed by atoms with E-state index >= 15 is 0 Å². The number of carbonyl (C=O) groups is 1. The van der Waals surface area contributed by atoms with Crippen molar-refractivity contribution in [1.29, 1.82) is 0 Å². The molecule has 0 bridgehead atoms. The molecule has 2 rings (SSSR count). The van der Waals surface area contributed by atoms with Crippen LogP contribution in [0.4, 0.5) is 0 Å². The van der Waals surface area contributed by atoms with Crippen LogP contribution in [0.1, 0.15) is 36.0 Å². The van der Waals surface area contributed by atoms with Crippen LogP contribution in [0.3, 0.4) is 0 Å². The molecule has 0 aliphatic heterocycles. The Labute approximate surface area is 104 Å². The first-order chi connectivity index (χ1) is 8.16. The molecule has 0 spiro atoms. The fraction of sp³-hybridized carbons (Fsp3) is 0.500. The Morgan fingerprint density at radius 3 is 2.88 bits per heavy atom. The molecule has 2 unspecified atom stereocenters. The summed E-state index contributed by atoms with van der Waals surface area (Å²) >= 11 is 1.48. The molecule has 5 heteroatoms. The van der Waals surface area contributed by atoms with Crippen molar-refractivity contribution in [2.75, 3.05) is 0 Å². The Balaban J connectivity index is 2.07. The Morgan fingerprint density at radius 1 is 1.41 bits per heavy atom. The van der Waals surface area contributed by atoms with Gasteiger partial charge >= 0.3 is 5.97 Å². The van der Waals surface area contributed by atoms with E-state index in [-0.39, 0.29) is 16.9 Å². The van der Waals surface area contributed by atoms with E-state index < -0.39 is 5.97 Å². The Bertz CT molecular complexity index is 410. The molecule has 1 aromatic heterocycles. The van der Waals surface area contributed by atoms with Crippen LogP contribution in [0.2, 0.25) is 0 Å². The smallest absolute Gasteiger partial charge is 0.335 e. The average Bonchev–Trinajstić information content (AvgIpc) is 2.32. The standard InChI is InChI=1S/C12H15NO3S/c14-9-3-1-2-4-10(9)17-11-7-8(12(15)16)5-6-13-11/h5-7,9-10,14H,1-4H2,(H,15,16). The molecule has 1 saturated carbocycles. The quantitative estimate of drug-likeness (QED) is 0.864. The SMILES string of the molecule is O=C(O)c1ccnc(SC2CCCCC2O)c1. The van der Waals surface area contributed by atoms with Gasteiger partial charge in [0.25, 0.3) is 0 Å². The summed E-state index contributed by atoms with van der Waals surface area (Å²) < 4.78 is 0. The molecule has 2 atom stereocenters. The zero-order valence-corrected chi connectivity index (χ0v) is 10.2. The van der Waals surface area contributed by atoms with Gasteiger partial charge in [-0.15, -0.1) is 11.8 Å². The van der Waals surface area contributed by atoms with Crippen molar-refractivity contribution in [1.82, 2.24) is 4.98 Å². The van der Waals surface area contributed by atoms with Crippen LogP contribution in [0.5, 0.6) is 0 Å². The molecule has 1 aromatic rings. The first kappa shape index (κ1) is 12.4. The molecule has 4 nitrogen and oxygen atoms in total. The van der Waals surface area contributed by atoms with Crippen molar-refractivity contribution < 1.29 is 15.0 Å². The largest absolute Gasteiger partial charge is 0.478 e. The van der Waals surface area contributed by atoms with E-state index in [1.807, 2.05) is 0 Å². The van der Waals surface area contributed by atoms with Crippen LogP contribution in [0.25, 0.3) is 0 Å². The zero-order chi connectivity index (χ0) is 12.3. The first-order valence-electron chi connectivity index (χ1n) is 5.71. The number of aromatic carboxylic acids is 1. The number of hydrogen-bond donors (Lipinski definition) is 2. The van der Waals surface area contributed by atoms with E-state index in [2.05, 4.69) is 4.98 Å². The van der Waals surface area contributed by atoms with Crippen LogP contribution >= 0.6 is 11.8 Å². The van der Waals surface area contributed by atoms with Crippen LogP contribution < -0.4 is 0 Å². The molecule has 1 fully saturated rings. The third-order valence-electron chi connectivity index (χ3n) is 2.92. The van der Waals surface area contributed by atoms with E-state index in [1.165, 1.54) is 24.0 Å². The highest BCUT2D eigenvalue weighted by molar-refractivity contribution is 7.99. The predicted molar refractivity (Wildman–Crippen MR) is 65.3 cm³/mol. The number of thioether (sulfide) groups is 1.